The fraction of sp³-hybridized carbons (Fsp3) is 0.407. The first-order valence-corrected chi connectivity index (χ1v) is 12.3. The van der Waals surface area contributed by atoms with Gasteiger partial charge in [-0.1, -0.05) is 48.7 Å². The van der Waals surface area contributed by atoms with Crippen LogP contribution in [0.25, 0.3) is 0 Å². The third kappa shape index (κ3) is 6.56. The number of primary amides is 1. The number of nitrogens with zero attached hydrogens (tertiary/aromatic N) is 1. The van der Waals surface area contributed by atoms with E-state index in [9.17, 15) is 31.9 Å². The maximum atomic E-state index is 14.7. The van der Waals surface area contributed by atoms with Gasteiger partial charge in [-0.15, -0.1) is 0 Å². The average molecular weight is 533 g/mol. The van der Waals surface area contributed by atoms with Crippen molar-refractivity contribution in [2.45, 2.75) is 51.4 Å². The van der Waals surface area contributed by atoms with Gasteiger partial charge in [-0.3, -0.25) is 14.4 Å². The van der Waals surface area contributed by atoms with Crippen molar-refractivity contribution in [1.82, 2.24) is 5.32 Å². The van der Waals surface area contributed by atoms with E-state index in [2.05, 4.69) is 15.6 Å². The number of anilines is 1. The van der Waals surface area contributed by atoms with E-state index < -0.39 is 60.6 Å². The van der Waals surface area contributed by atoms with Gasteiger partial charge in [-0.2, -0.15) is 13.2 Å². The summed E-state index contributed by atoms with van der Waals surface area (Å²) < 4.78 is 54.0. The summed E-state index contributed by atoms with van der Waals surface area (Å²) in [6.07, 6.45) is -6.33. The third-order valence-electron chi connectivity index (χ3n) is 6.80. The molecule has 2 aromatic carbocycles. The molecule has 202 valence electrons. The molecule has 3 amide bonds. The minimum absolute atomic E-state index is 0.110. The molecule has 0 aromatic heterocycles. The number of carbonyl (C=O) groups is 3. The fourth-order valence-corrected chi connectivity index (χ4v) is 4.68. The molecule has 4 rings (SSSR count). The molecule has 1 saturated carbocycles. The Morgan fingerprint density at radius 3 is 2.50 bits per heavy atom. The number of nitrogens with one attached hydrogen (secondary N) is 2. The van der Waals surface area contributed by atoms with Gasteiger partial charge >= 0.3 is 6.18 Å². The van der Waals surface area contributed by atoms with Crippen LogP contribution in [-0.2, 0) is 14.4 Å². The van der Waals surface area contributed by atoms with E-state index in [0.717, 1.165) is 24.5 Å². The Bertz CT molecular complexity index is 1270. The van der Waals surface area contributed by atoms with Gasteiger partial charge in [0, 0.05) is 29.4 Å². The van der Waals surface area contributed by atoms with E-state index in [1.807, 2.05) is 13.0 Å². The largest absolute Gasteiger partial charge is 0.389 e. The van der Waals surface area contributed by atoms with Crippen LogP contribution in [0.3, 0.4) is 0 Å². The molecular weight excluding hydrogens is 504 g/mol. The smallest absolute Gasteiger partial charge is 0.369 e. The predicted octanol–water partition coefficient (Wildman–Crippen LogP) is 4.23. The monoisotopic (exact) mass is 532 g/mol. The lowest BCUT2D eigenvalue weighted by Gasteiger charge is -2.26. The highest BCUT2D eigenvalue weighted by atomic mass is 19.4. The molecule has 0 radical (unpaired) electrons. The van der Waals surface area contributed by atoms with Crippen LogP contribution in [0.5, 0.6) is 0 Å². The standard InChI is InChI=1S/C27H28F4N4O3/c1-14-4-2-5-16(12-14)21-18-6-3-7-20(28)22(18)34-26(38)24(33-21)35-25(37)17(10-11-27(29,30)31)19(23(32)36)13-15-8-9-15/h2-7,12,15,17,19,24H,8-11,13H2,1H3,(H2,32,36)(H,34,38)(H,35,37). The Morgan fingerprint density at radius 2 is 1.87 bits per heavy atom. The molecule has 38 heavy (non-hydrogen) atoms. The highest BCUT2D eigenvalue weighted by Gasteiger charge is 2.41. The fourth-order valence-electron chi connectivity index (χ4n) is 4.68. The second kappa shape index (κ2) is 10.9. The first kappa shape index (κ1) is 27.3. The summed E-state index contributed by atoms with van der Waals surface area (Å²) in [4.78, 5) is 43.1. The molecule has 0 spiro atoms. The number of fused-ring (bicyclic) bond motifs is 1. The molecule has 1 heterocycles. The summed E-state index contributed by atoms with van der Waals surface area (Å²) in [7, 11) is 0. The molecule has 11 heteroatoms. The van der Waals surface area contributed by atoms with Gasteiger partial charge < -0.3 is 16.4 Å². The molecule has 3 unspecified atom stereocenters. The van der Waals surface area contributed by atoms with Gasteiger partial charge in [-0.25, -0.2) is 9.38 Å². The van der Waals surface area contributed by atoms with Crippen molar-refractivity contribution in [3.63, 3.8) is 0 Å². The normalized spacial score (nSPS) is 18.9. The van der Waals surface area contributed by atoms with Crippen LogP contribution >= 0.6 is 0 Å². The van der Waals surface area contributed by atoms with E-state index in [1.165, 1.54) is 6.07 Å². The number of benzene rings is 2. The number of aryl methyl sites for hydroxylation is 1. The molecule has 0 bridgehead atoms. The van der Waals surface area contributed by atoms with E-state index in [0.29, 0.717) is 5.56 Å². The summed E-state index contributed by atoms with van der Waals surface area (Å²) in [6.45, 7) is 1.84. The van der Waals surface area contributed by atoms with Gasteiger partial charge in [0.15, 0.2) is 0 Å². The van der Waals surface area contributed by atoms with Gasteiger partial charge in [0.25, 0.3) is 5.91 Å². The molecular formula is C27H28F4N4O3. The van der Waals surface area contributed by atoms with E-state index in [4.69, 9.17) is 5.73 Å². The number of rotatable bonds is 9. The van der Waals surface area contributed by atoms with E-state index >= 15 is 0 Å². The second-order valence-corrected chi connectivity index (χ2v) is 9.86. The lowest BCUT2D eigenvalue weighted by atomic mass is 9.83. The SMILES string of the molecule is Cc1cccc(C2=NC(NC(=O)C(CCC(F)(F)F)C(CC3CC3)C(N)=O)C(=O)Nc3c(F)cccc32)c1. The van der Waals surface area contributed by atoms with Crippen LogP contribution in [0.15, 0.2) is 47.5 Å². The molecule has 0 saturated heterocycles. The third-order valence-corrected chi connectivity index (χ3v) is 6.80. The Labute approximate surface area is 216 Å². The topological polar surface area (TPSA) is 114 Å². The van der Waals surface area contributed by atoms with Crippen molar-refractivity contribution in [3.05, 3.63) is 65.0 Å². The Morgan fingerprint density at radius 1 is 1.16 bits per heavy atom. The number of halogens is 4. The van der Waals surface area contributed by atoms with Crippen molar-refractivity contribution in [1.29, 1.82) is 0 Å². The maximum absolute atomic E-state index is 14.7. The number of hydrogen-bond acceptors (Lipinski definition) is 4. The average Bonchev–Trinajstić information content (AvgIpc) is 3.66. The number of aliphatic imine (C=N–C) groups is 1. The second-order valence-electron chi connectivity index (χ2n) is 9.86. The number of hydrogen-bond donors (Lipinski definition) is 3. The Balaban J connectivity index is 1.69. The first-order valence-electron chi connectivity index (χ1n) is 12.3. The zero-order valence-corrected chi connectivity index (χ0v) is 20.6. The van der Waals surface area contributed by atoms with Crippen LogP contribution in [0.1, 0.15) is 48.8 Å². The molecule has 1 fully saturated rings. The number of nitrogens with two attached hydrogens (primary N) is 1. The van der Waals surface area contributed by atoms with Crippen LogP contribution in [-0.4, -0.2) is 35.8 Å². The first-order chi connectivity index (χ1) is 17.9. The molecule has 2 aromatic rings. The van der Waals surface area contributed by atoms with Crippen LogP contribution in [0, 0.1) is 30.5 Å². The molecule has 7 nitrogen and oxygen atoms in total. The molecule has 3 atom stereocenters. The lowest BCUT2D eigenvalue weighted by Crippen LogP contribution is -2.48. The minimum atomic E-state index is -4.56. The van der Waals surface area contributed by atoms with Crippen LogP contribution < -0.4 is 16.4 Å². The zero-order chi connectivity index (χ0) is 27.6. The molecule has 1 aliphatic carbocycles. The molecule has 4 N–H and O–H groups in total. The van der Waals surface area contributed by atoms with Crippen molar-refractivity contribution < 1.29 is 31.9 Å². The summed E-state index contributed by atoms with van der Waals surface area (Å²) in [6, 6.07) is 11.2. The van der Waals surface area contributed by atoms with Gasteiger partial charge in [-0.05, 0) is 37.8 Å². The van der Waals surface area contributed by atoms with E-state index in [1.54, 1.807) is 24.3 Å². The summed E-state index contributed by atoms with van der Waals surface area (Å²) in [5.41, 5.74) is 7.28. The number of para-hydroxylation sites is 1. The molecule has 2 aliphatic rings. The Kier molecular flexibility index (Phi) is 7.84. The summed E-state index contributed by atoms with van der Waals surface area (Å²) in [5, 5.41) is 4.84. The Hall–Kier alpha value is -3.76. The van der Waals surface area contributed by atoms with Crippen LogP contribution in [0.2, 0.25) is 0 Å². The van der Waals surface area contributed by atoms with Gasteiger partial charge in [0.1, 0.15) is 5.82 Å². The number of alkyl halides is 3. The van der Waals surface area contributed by atoms with Crippen molar-refractivity contribution >= 4 is 29.1 Å². The highest BCUT2D eigenvalue weighted by molar-refractivity contribution is 6.20. The van der Waals surface area contributed by atoms with Crippen molar-refractivity contribution in [2.75, 3.05) is 5.32 Å². The molecule has 1 aliphatic heterocycles. The highest BCUT2D eigenvalue weighted by Crippen LogP contribution is 2.39. The van der Waals surface area contributed by atoms with Crippen LogP contribution in [0.4, 0.5) is 23.2 Å². The summed E-state index contributed by atoms with van der Waals surface area (Å²) in [5.74, 6) is -5.85. The zero-order valence-electron chi connectivity index (χ0n) is 20.6. The maximum Gasteiger partial charge on any atom is 0.389 e. The van der Waals surface area contributed by atoms with Crippen molar-refractivity contribution in [3.8, 4) is 0 Å². The number of amides is 3. The van der Waals surface area contributed by atoms with Gasteiger partial charge in [0.2, 0.25) is 18.0 Å². The minimum Gasteiger partial charge on any atom is -0.369 e. The van der Waals surface area contributed by atoms with Crippen molar-refractivity contribution in [2.24, 2.45) is 28.5 Å². The summed E-state index contributed by atoms with van der Waals surface area (Å²) >= 11 is 0. The number of carbonyl (C=O) groups excluding carboxylic acids is 3. The van der Waals surface area contributed by atoms with Gasteiger partial charge in [0.05, 0.1) is 11.4 Å². The quantitative estimate of drug-likeness (QED) is 0.420. The number of benzodiazepines with no additional fused rings is 1. The lowest BCUT2D eigenvalue weighted by molar-refractivity contribution is -0.146. The predicted molar refractivity (Wildman–Crippen MR) is 133 cm³/mol. The van der Waals surface area contributed by atoms with E-state index in [-0.39, 0.29) is 29.3 Å².